The Balaban J connectivity index is 1.46. The number of hydrogen-bond acceptors (Lipinski definition) is 2. The van der Waals surface area contributed by atoms with Gasteiger partial charge in [0.25, 0.3) is 0 Å². The average molecular weight is 322 g/mol. The van der Waals surface area contributed by atoms with Crippen molar-refractivity contribution in [1.82, 2.24) is 19.9 Å². The van der Waals surface area contributed by atoms with E-state index in [2.05, 4.69) is 45.0 Å². The van der Waals surface area contributed by atoms with E-state index >= 15 is 0 Å². The molecule has 5 heteroatoms. The molecular weight excluding hydrogens is 300 g/mol. The van der Waals surface area contributed by atoms with Crippen LogP contribution < -0.4 is 5.32 Å². The minimum absolute atomic E-state index is 0.0912. The smallest absolute Gasteiger partial charge is 0.224 e. The van der Waals surface area contributed by atoms with Crippen molar-refractivity contribution in [3.05, 3.63) is 54.2 Å². The molecular formula is C19H22N4O. The molecule has 1 aliphatic rings. The van der Waals surface area contributed by atoms with Gasteiger partial charge in [0.15, 0.2) is 0 Å². The van der Waals surface area contributed by atoms with Crippen molar-refractivity contribution < 1.29 is 4.79 Å². The molecule has 1 amide bonds. The molecule has 2 aromatic heterocycles. The van der Waals surface area contributed by atoms with E-state index in [-0.39, 0.29) is 11.9 Å². The maximum atomic E-state index is 12.5. The van der Waals surface area contributed by atoms with Crippen molar-refractivity contribution in [3.8, 4) is 0 Å². The minimum atomic E-state index is 0.0912. The lowest BCUT2D eigenvalue weighted by molar-refractivity contribution is -0.121. The molecule has 2 heterocycles. The highest BCUT2D eigenvalue weighted by molar-refractivity contribution is 5.89. The predicted molar refractivity (Wildman–Crippen MR) is 93.8 cm³/mol. The number of benzene rings is 1. The summed E-state index contributed by atoms with van der Waals surface area (Å²) in [4.78, 5) is 19.9. The maximum absolute atomic E-state index is 12.5. The Bertz CT molecular complexity index is 850. The van der Waals surface area contributed by atoms with Crippen molar-refractivity contribution in [2.24, 2.45) is 0 Å². The first kappa shape index (κ1) is 15.0. The van der Waals surface area contributed by atoms with Crippen LogP contribution in [0.1, 0.15) is 36.4 Å². The second-order valence-electron chi connectivity index (χ2n) is 6.72. The molecule has 3 aromatic rings. The van der Waals surface area contributed by atoms with Gasteiger partial charge in [0.2, 0.25) is 5.91 Å². The van der Waals surface area contributed by atoms with Gasteiger partial charge < -0.3 is 14.9 Å². The second kappa shape index (κ2) is 6.15. The number of rotatable bonds is 4. The zero-order valence-corrected chi connectivity index (χ0v) is 13.8. The van der Waals surface area contributed by atoms with Crippen molar-refractivity contribution in [2.75, 3.05) is 0 Å². The number of carbonyl (C=O) groups is 1. The summed E-state index contributed by atoms with van der Waals surface area (Å²) in [5, 5.41) is 4.36. The summed E-state index contributed by atoms with van der Waals surface area (Å²) in [6.07, 6.45) is 11.2. The number of aromatic amines is 1. The lowest BCUT2D eigenvalue weighted by Gasteiger charge is -2.22. The third kappa shape index (κ3) is 2.82. The molecule has 0 aliphatic heterocycles. The Labute approximate surface area is 141 Å². The van der Waals surface area contributed by atoms with E-state index in [1.165, 1.54) is 5.56 Å². The number of aromatic nitrogens is 3. The van der Waals surface area contributed by atoms with Gasteiger partial charge in [-0.1, -0.05) is 12.1 Å². The number of nitrogens with zero attached hydrogens (tertiary/aromatic N) is 2. The van der Waals surface area contributed by atoms with Crippen LogP contribution in [0.2, 0.25) is 0 Å². The molecule has 1 aliphatic carbocycles. The van der Waals surface area contributed by atoms with E-state index in [1.807, 2.05) is 18.7 Å². The number of aryl methyl sites for hydroxylation is 1. The standard InChI is InChI=1S/C19H22N4O/c1-13-5-6-15-14(11-21-17(15)9-13)10-19(24)22-16-3-2-4-18(16)23-8-7-20-12-23/h5-9,11-12,16,18,21H,2-4,10H2,1H3,(H,22,24)/t16-,18-/m1/s1. The summed E-state index contributed by atoms with van der Waals surface area (Å²) in [6, 6.07) is 6.81. The third-order valence-electron chi connectivity index (χ3n) is 5.01. The van der Waals surface area contributed by atoms with Crippen LogP contribution >= 0.6 is 0 Å². The molecule has 1 aromatic carbocycles. The zero-order chi connectivity index (χ0) is 16.5. The van der Waals surface area contributed by atoms with Crippen molar-refractivity contribution >= 4 is 16.8 Å². The summed E-state index contributed by atoms with van der Waals surface area (Å²) in [7, 11) is 0. The number of H-pyrrole nitrogens is 1. The van der Waals surface area contributed by atoms with Crippen LogP contribution in [0.5, 0.6) is 0 Å². The number of hydrogen-bond donors (Lipinski definition) is 2. The van der Waals surface area contributed by atoms with E-state index < -0.39 is 0 Å². The lowest BCUT2D eigenvalue weighted by atomic mass is 10.1. The molecule has 0 bridgehead atoms. The van der Waals surface area contributed by atoms with Gasteiger partial charge in [-0.15, -0.1) is 0 Å². The van der Waals surface area contributed by atoms with Crippen LogP contribution in [0.4, 0.5) is 0 Å². The van der Waals surface area contributed by atoms with Gasteiger partial charge in [-0.2, -0.15) is 0 Å². The number of nitrogens with one attached hydrogen (secondary N) is 2. The summed E-state index contributed by atoms with van der Waals surface area (Å²) >= 11 is 0. The SMILES string of the molecule is Cc1ccc2c(CC(=O)N[C@@H]3CCC[C@H]3n3ccnc3)c[nH]c2c1. The fourth-order valence-corrected chi connectivity index (χ4v) is 3.81. The Morgan fingerprint density at radius 1 is 1.42 bits per heavy atom. The Morgan fingerprint density at radius 2 is 2.33 bits per heavy atom. The average Bonchev–Trinajstić information content (AvgIpc) is 3.28. The lowest BCUT2D eigenvalue weighted by Crippen LogP contribution is -2.38. The van der Waals surface area contributed by atoms with Gasteiger partial charge >= 0.3 is 0 Å². The quantitative estimate of drug-likeness (QED) is 0.775. The highest BCUT2D eigenvalue weighted by Crippen LogP contribution is 2.30. The number of imidazole rings is 1. The number of carbonyl (C=O) groups excluding carboxylic acids is 1. The van der Waals surface area contributed by atoms with Crippen LogP contribution in [-0.2, 0) is 11.2 Å². The van der Waals surface area contributed by atoms with E-state index in [0.29, 0.717) is 12.5 Å². The van der Waals surface area contributed by atoms with Crippen molar-refractivity contribution in [3.63, 3.8) is 0 Å². The molecule has 4 rings (SSSR count). The monoisotopic (exact) mass is 322 g/mol. The topological polar surface area (TPSA) is 62.7 Å². The van der Waals surface area contributed by atoms with E-state index in [1.54, 1.807) is 6.20 Å². The fourth-order valence-electron chi connectivity index (χ4n) is 3.81. The molecule has 124 valence electrons. The molecule has 1 fully saturated rings. The normalized spacial score (nSPS) is 20.5. The van der Waals surface area contributed by atoms with Gasteiger partial charge in [-0.05, 0) is 43.4 Å². The first-order valence-corrected chi connectivity index (χ1v) is 8.54. The summed E-state index contributed by atoms with van der Waals surface area (Å²) in [5.41, 5.74) is 3.36. The molecule has 5 nitrogen and oxygen atoms in total. The Kier molecular flexibility index (Phi) is 3.84. The first-order chi connectivity index (χ1) is 11.7. The van der Waals surface area contributed by atoms with Crippen LogP contribution in [0.3, 0.4) is 0 Å². The minimum Gasteiger partial charge on any atom is -0.361 e. The van der Waals surface area contributed by atoms with Crippen LogP contribution in [0.15, 0.2) is 43.1 Å². The maximum Gasteiger partial charge on any atom is 0.224 e. The summed E-state index contributed by atoms with van der Waals surface area (Å²) in [5.74, 6) is 0.0912. The third-order valence-corrected chi connectivity index (χ3v) is 5.01. The highest BCUT2D eigenvalue weighted by atomic mass is 16.1. The second-order valence-corrected chi connectivity index (χ2v) is 6.72. The van der Waals surface area contributed by atoms with E-state index in [9.17, 15) is 4.79 Å². The summed E-state index contributed by atoms with van der Waals surface area (Å²) < 4.78 is 2.12. The first-order valence-electron chi connectivity index (χ1n) is 8.54. The van der Waals surface area contributed by atoms with Gasteiger partial charge in [-0.25, -0.2) is 4.98 Å². The van der Waals surface area contributed by atoms with Crippen LogP contribution in [0.25, 0.3) is 10.9 Å². The highest BCUT2D eigenvalue weighted by Gasteiger charge is 2.29. The van der Waals surface area contributed by atoms with Gasteiger partial charge in [-0.3, -0.25) is 4.79 Å². The molecule has 0 spiro atoms. The van der Waals surface area contributed by atoms with E-state index in [4.69, 9.17) is 0 Å². The molecule has 2 atom stereocenters. The Morgan fingerprint density at radius 3 is 3.17 bits per heavy atom. The fraction of sp³-hybridized carbons (Fsp3) is 0.368. The number of amides is 1. The van der Waals surface area contributed by atoms with Crippen molar-refractivity contribution in [2.45, 2.75) is 44.7 Å². The molecule has 0 saturated heterocycles. The molecule has 0 unspecified atom stereocenters. The molecule has 1 saturated carbocycles. The molecule has 24 heavy (non-hydrogen) atoms. The predicted octanol–water partition coefficient (Wildman–Crippen LogP) is 3.13. The van der Waals surface area contributed by atoms with Gasteiger partial charge in [0.05, 0.1) is 18.8 Å². The van der Waals surface area contributed by atoms with Crippen LogP contribution in [0, 0.1) is 6.92 Å². The number of fused-ring (bicyclic) bond motifs is 1. The zero-order valence-electron chi connectivity index (χ0n) is 13.8. The van der Waals surface area contributed by atoms with E-state index in [0.717, 1.165) is 35.7 Å². The molecule has 0 radical (unpaired) electrons. The summed E-state index contributed by atoms with van der Waals surface area (Å²) in [6.45, 7) is 2.07. The largest absolute Gasteiger partial charge is 0.361 e. The van der Waals surface area contributed by atoms with Crippen molar-refractivity contribution in [1.29, 1.82) is 0 Å². The Hall–Kier alpha value is -2.56. The van der Waals surface area contributed by atoms with Crippen LogP contribution in [-0.4, -0.2) is 26.5 Å². The molecule has 2 N–H and O–H groups in total. The van der Waals surface area contributed by atoms with Gasteiger partial charge in [0, 0.05) is 35.5 Å². The van der Waals surface area contributed by atoms with Gasteiger partial charge in [0.1, 0.15) is 0 Å².